The number of piperidine rings is 1. The summed E-state index contributed by atoms with van der Waals surface area (Å²) in [7, 11) is 0. The molecule has 0 aromatic carbocycles. The van der Waals surface area contributed by atoms with Crippen LogP contribution >= 0.6 is 0 Å². The largest absolute Gasteiger partial charge is 0.300 e. The molecule has 4 nitrogen and oxygen atoms in total. The van der Waals surface area contributed by atoms with Gasteiger partial charge in [-0.2, -0.15) is 0 Å². The van der Waals surface area contributed by atoms with E-state index in [-0.39, 0.29) is 0 Å². The molecule has 0 unspecified atom stereocenters. The summed E-state index contributed by atoms with van der Waals surface area (Å²) in [5.41, 5.74) is 5.83. The molecule has 3 aromatic rings. The molecule has 0 saturated carbocycles. The van der Waals surface area contributed by atoms with Gasteiger partial charge in [0.2, 0.25) is 0 Å². The molecule has 27 heavy (non-hydrogen) atoms. The number of nitrogens with one attached hydrogen (secondary N) is 1. The van der Waals surface area contributed by atoms with Crippen LogP contribution in [0, 0.1) is 6.92 Å². The summed E-state index contributed by atoms with van der Waals surface area (Å²) < 4.78 is 0. The zero-order valence-corrected chi connectivity index (χ0v) is 15.8. The van der Waals surface area contributed by atoms with Crippen LogP contribution in [0.3, 0.4) is 0 Å². The third kappa shape index (κ3) is 4.40. The summed E-state index contributed by atoms with van der Waals surface area (Å²) in [6, 6.07) is 17.2. The highest BCUT2D eigenvalue weighted by Crippen LogP contribution is 2.32. The van der Waals surface area contributed by atoms with Crippen molar-refractivity contribution in [2.45, 2.75) is 51.1 Å². The Hall–Kier alpha value is -2.59. The summed E-state index contributed by atoms with van der Waals surface area (Å²) in [4.78, 5) is 14.0. The fraction of sp³-hybridized carbons (Fsp3) is 0.348. The van der Waals surface area contributed by atoms with Crippen molar-refractivity contribution in [1.82, 2.24) is 20.3 Å². The molecule has 0 aliphatic carbocycles. The third-order valence-electron chi connectivity index (χ3n) is 5.32. The van der Waals surface area contributed by atoms with Crippen molar-refractivity contribution >= 4 is 0 Å². The predicted octanol–water partition coefficient (Wildman–Crippen LogP) is 4.52. The Morgan fingerprint density at radius 3 is 2.52 bits per heavy atom. The summed E-state index contributed by atoms with van der Waals surface area (Å²) in [5.74, 6) is 0. The Balaban J connectivity index is 1.46. The van der Waals surface area contributed by atoms with Crippen LogP contribution in [0.2, 0.25) is 0 Å². The Bertz CT molecular complexity index is 878. The van der Waals surface area contributed by atoms with Crippen molar-refractivity contribution in [2.75, 3.05) is 0 Å². The van der Waals surface area contributed by atoms with Crippen molar-refractivity contribution in [3.8, 4) is 0 Å². The average molecular weight is 358 g/mol. The molecule has 0 bridgehead atoms. The molecular formula is C23H26N4. The van der Waals surface area contributed by atoms with Gasteiger partial charge in [-0.3, -0.25) is 15.0 Å². The number of aryl methyl sites for hydroxylation is 3. The highest BCUT2D eigenvalue weighted by molar-refractivity contribution is 5.23. The van der Waals surface area contributed by atoms with Gasteiger partial charge in [0.15, 0.2) is 0 Å². The maximum absolute atomic E-state index is 4.95. The molecule has 1 fully saturated rings. The molecule has 1 saturated heterocycles. The van der Waals surface area contributed by atoms with Crippen LogP contribution in [0.1, 0.15) is 59.7 Å². The van der Waals surface area contributed by atoms with Gasteiger partial charge < -0.3 is 5.32 Å². The van der Waals surface area contributed by atoms with Gasteiger partial charge >= 0.3 is 0 Å². The van der Waals surface area contributed by atoms with E-state index in [4.69, 9.17) is 4.98 Å². The van der Waals surface area contributed by atoms with Crippen LogP contribution in [0.15, 0.2) is 60.9 Å². The van der Waals surface area contributed by atoms with Gasteiger partial charge in [0.25, 0.3) is 0 Å². The first-order chi connectivity index (χ1) is 13.3. The maximum Gasteiger partial charge on any atom is 0.0602 e. The second-order valence-corrected chi connectivity index (χ2v) is 7.28. The molecule has 0 amide bonds. The van der Waals surface area contributed by atoms with Gasteiger partial charge in [-0.05, 0) is 74.9 Å². The van der Waals surface area contributed by atoms with Crippen LogP contribution in [0.5, 0.6) is 0 Å². The fourth-order valence-corrected chi connectivity index (χ4v) is 3.88. The molecule has 3 aromatic heterocycles. The van der Waals surface area contributed by atoms with E-state index in [1.54, 1.807) is 0 Å². The van der Waals surface area contributed by atoms with Gasteiger partial charge in [-0.1, -0.05) is 18.2 Å². The minimum absolute atomic E-state index is 0.292. The number of pyridine rings is 3. The van der Waals surface area contributed by atoms with Crippen LogP contribution in [-0.4, -0.2) is 15.0 Å². The summed E-state index contributed by atoms with van der Waals surface area (Å²) in [6.45, 7) is 2.14. The lowest BCUT2D eigenvalue weighted by molar-refractivity contribution is 0.320. The quantitative estimate of drug-likeness (QED) is 0.728. The average Bonchev–Trinajstić information content (AvgIpc) is 2.74. The molecule has 0 radical (unpaired) electrons. The molecule has 1 aliphatic rings. The topological polar surface area (TPSA) is 50.7 Å². The lowest BCUT2D eigenvalue weighted by atomic mass is 9.92. The van der Waals surface area contributed by atoms with E-state index >= 15 is 0 Å². The Morgan fingerprint density at radius 2 is 1.67 bits per heavy atom. The SMILES string of the molecule is Cc1cccnc1[C@@H]1CCC[C@H](c2cccc(CCc3ccccn3)n2)N1. The number of aromatic nitrogens is 3. The smallest absolute Gasteiger partial charge is 0.0602 e. The molecule has 2 atom stereocenters. The Morgan fingerprint density at radius 1 is 0.852 bits per heavy atom. The molecule has 0 spiro atoms. The minimum Gasteiger partial charge on any atom is -0.300 e. The first-order valence-electron chi connectivity index (χ1n) is 9.83. The number of hydrogen-bond donors (Lipinski definition) is 1. The van der Waals surface area contributed by atoms with E-state index in [1.165, 1.54) is 17.7 Å². The van der Waals surface area contributed by atoms with Crippen LogP contribution in [0.4, 0.5) is 0 Å². The first kappa shape index (κ1) is 17.8. The van der Waals surface area contributed by atoms with E-state index in [0.717, 1.165) is 42.8 Å². The number of rotatable bonds is 5. The van der Waals surface area contributed by atoms with Crippen molar-refractivity contribution < 1.29 is 0 Å². The lowest BCUT2D eigenvalue weighted by Gasteiger charge is -2.31. The molecular weight excluding hydrogens is 332 g/mol. The molecule has 1 aliphatic heterocycles. The second-order valence-electron chi connectivity index (χ2n) is 7.28. The van der Waals surface area contributed by atoms with Crippen LogP contribution in [-0.2, 0) is 12.8 Å². The maximum atomic E-state index is 4.95. The van der Waals surface area contributed by atoms with Gasteiger partial charge in [0.1, 0.15) is 0 Å². The van der Waals surface area contributed by atoms with E-state index in [1.807, 2.05) is 30.6 Å². The second kappa shape index (κ2) is 8.40. The number of hydrogen-bond acceptors (Lipinski definition) is 4. The normalized spacial score (nSPS) is 19.7. The standard InChI is InChI=1S/C23H26N4/c1-17-7-6-16-25-23(17)22-12-5-11-21(27-22)20-10-4-9-19(26-20)14-13-18-8-2-3-15-24-18/h2-4,6-10,15-16,21-22,27H,5,11-14H2,1H3/t21-,22+/m1/s1. The Labute approximate surface area is 161 Å². The zero-order valence-electron chi connectivity index (χ0n) is 15.8. The van der Waals surface area contributed by atoms with E-state index in [0.29, 0.717) is 12.1 Å². The van der Waals surface area contributed by atoms with Gasteiger partial charge in [-0.25, -0.2) is 0 Å². The molecule has 1 N–H and O–H groups in total. The van der Waals surface area contributed by atoms with Crippen molar-refractivity contribution in [3.05, 3.63) is 89.3 Å². The summed E-state index contributed by atoms with van der Waals surface area (Å²) >= 11 is 0. The highest BCUT2D eigenvalue weighted by Gasteiger charge is 2.26. The molecule has 4 heteroatoms. The van der Waals surface area contributed by atoms with E-state index < -0.39 is 0 Å². The number of nitrogens with zero attached hydrogens (tertiary/aromatic N) is 3. The predicted molar refractivity (Wildman–Crippen MR) is 107 cm³/mol. The molecule has 138 valence electrons. The van der Waals surface area contributed by atoms with Crippen LogP contribution in [0.25, 0.3) is 0 Å². The third-order valence-corrected chi connectivity index (χ3v) is 5.32. The summed E-state index contributed by atoms with van der Waals surface area (Å²) in [5, 5.41) is 3.79. The van der Waals surface area contributed by atoms with Crippen LogP contribution < -0.4 is 5.32 Å². The van der Waals surface area contributed by atoms with E-state index in [2.05, 4.69) is 52.5 Å². The minimum atomic E-state index is 0.292. The van der Waals surface area contributed by atoms with Gasteiger partial charge in [0, 0.05) is 29.8 Å². The first-order valence-corrected chi connectivity index (χ1v) is 9.83. The highest BCUT2D eigenvalue weighted by atomic mass is 15.0. The van der Waals surface area contributed by atoms with Crippen molar-refractivity contribution in [2.24, 2.45) is 0 Å². The molecule has 4 heterocycles. The molecule has 4 rings (SSSR count). The van der Waals surface area contributed by atoms with Crippen molar-refractivity contribution in [1.29, 1.82) is 0 Å². The van der Waals surface area contributed by atoms with Crippen molar-refractivity contribution in [3.63, 3.8) is 0 Å². The Kier molecular flexibility index (Phi) is 5.54. The zero-order chi connectivity index (χ0) is 18.5. The lowest BCUT2D eigenvalue weighted by Crippen LogP contribution is -2.32. The summed E-state index contributed by atoms with van der Waals surface area (Å²) in [6.07, 6.45) is 9.03. The van der Waals surface area contributed by atoms with Gasteiger partial charge in [-0.15, -0.1) is 0 Å². The van der Waals surface area contributed by atoms with E-state index in [9.17, 15) is 0 Å². The monoisotopic (exact) mass is 358 g/mol. The fourth-order valence-electron chi connectivity index (χ4n) is 3.88. The van der Waals surface area contributed by atoms with Gasteiger partial charge in [0.05, 0.1) is 17.4 Å².